The Morgan fingerprint density at radius 3 is 2.79 bits per heavy atom. The summed E-state index contributed by atoms with van der Waals surface area (Å²) >= 11 is 0. The molecule has 1 N–H and O–H groups in total. The molecule has 2 nitrogen and oxygen atoms in total. The lowest BCUT2D eigenvalue weighted by Crippen LogP contribution is -2.17. The third-order valence-corrected chi connectivity index (χ3v) is 3.20. The summed E-state index contributed by atoms with van der Waals surface area (Å²) in [6, 6.07) is 12.5. The molecule has 2 rings (SSSR count). The van der Waals surface area contributed by atoms with E-state index in [2.05, 4.69) is 54.5 Å². The minimum Gasteiger partial charge on any atom is -0.313 e. The number of fused-ring (bicyclic) bond motifs is 1. The van der Waals surface area contributed by atoms with Gasteiger partial charge in [0.2, 0.25) is 0 Å². The van der Waals surface area contributed by atoms with E-state index in [0.717, 1.165) is 30.7 Å². The van der Waals surface area contributed by atoms with Crippen molar-refractivity contribution in [2.45, 2.75) is 26.7 Å². The first kappa shape index (κ1) is 13.8. The molecule has 0 spiro atoms. The lowest BCUT2D eigenvalue weighted by molar-refractivity contribution is 0.705. The van der Waals surface area contributed by atoms with Gasteiger partial charge < -0.3 is 5.32 Å². The molecule has 2 aromatic rings. The molecule has 19 heavy (non-hydrogen) atoms. The Labute approximate surface area is 115 Å². The Kier molecular flexibility index (Phi) is 5.10. The summed E-state index contributed by atoms with van der Waals surface area (Å²) in [4.78, 5) is 4.69. The van der Waals surface area contributed by atoms with Crippen LogP contribution in [0.15, 0.2) is 42.0 Å². The summed E-state index contributed by atoms with van der Waals surface area (Å²) in [5, 5.41) is 4.64. The van der Waals surface area contributed by atoms with Crippen LogP contribution < -0.4 is 5.32 Å². The number of rotatable bonds is 6. The topological polar surface area (TPSA) is 24.9 Å². The van der Waals surface area contributed by atoms with Crippen molar-refractivity contribution in [2.24, 2.45) is 0 Å². The number of pyridine rings is 1. The van der Waals surface area contributed by atoms with Gasteiger partial charge in [-0.05, 0) is 37.6 Å². The van der Waals surface area contributed by atoms with Gasteiger partial charge in [-0.2, -0.15) is 0 Å². The quantitative estimate of drug-likeness (QED) is 0.787. The van der Waals surface area contributed by atoms with Crippen molar-refractivity contribution in [3.8, 4) is 0 Å². The second-order valence-electron chi connectivity index (χ2n) is 4.76. The van der Waals surface area contributed by atoms with Crippen LogP contribution in [0.2, 0.25) is 0 Å². The van der Waals surface area contributed by atoms with Crippen LogP contribution in [-0.2, 0) is 0 Å². The van der Waals surface area contributed by atoms with Crippen molar-refractivity contribution in [1.82, 2.24) is 10.3 Å². The molecule has 0 bridgehead atoms. The second kappa shape index (κ2) is 7.05. The highest BCUT2D eigenvalue weighted by molar-refractivity contribution is 5.79. The first-order valence-corrected chi connectivity index (χ1v) is 7.09. The van der Waals surface area contributed by atoms with Gasteiger partial charge in [0.1, 0.15) is 0 Å². The Morgan fingerprint density at radius 2 is 2.00 bits per heavy atom. The van der Waals surface area contributed by atoms with Crippen molar-refractivity contribution in [3.05, 3.63) is 47.7 Å². The molecule has 0 fully saturated rings. The van der Waals surface area contributed by atoms with Gasteiger partial charge in [-0.1, -0.05) is 43.7 Å². The average Bonchev–Trinajstić information content (AvgIpc) is 2.46. The monoisotopic (exact) mass is 254 g/mol. The smallest absolute Gasteiger partial charge is 0.0709 e. The lowest BCUT2D eigenvalue weighted by atomic mass is 10.1. The van der Waals surface area contributed by atoms with E-state index in [1.807, 2.05) is 12.1 Å². The highest BCUT2D eigenvalue weighted by Crippen LogP contribution is 2.14. The Hall–Kier alpha value is -1.67. The van der Waals surface area contributed by atoms with Crippen LogP contribution >= 0.6 is 0 Å². The number of para-hydroxylation sites is 1. The van der Waals surface area contributed by atoms with E-state index >= 15 is 0 Å². The van der Waals surface area contributed by atoms with E-state index in [4.69, 9.17) is 0 Å². The molecule has 0 aliphatic rings. The van der Waals surface area contributed by atoms with E-state index in [1.54, 1.807) is 0 Å². The summed E-state index contributed by atoms with van der Waals surface area (Å²) < 4.78 is 0. The molecule has 0 aliphatic carbocycles. The minimum atomic E-state index is 0.957. The van der Waals surface area contributed by atoms with E-state index < -0.39 is 0 Å². The van der Waals surface area contributed by atoms with E-state index in [-0.39, 0.29) is 0 Å². The average molecular weight is 254 g/mol. The lowest BCUT2D eigenvalue weighted by Gasteiger charge is -2.06. The number of hydrogen-bond acceptors (Lipinski definition) is 2. The molecule has 0 saturated carbocycles. The van der Waals surface area contributed by atoms with Crippen LogP contribution in [0.25, 0.3) is 17.0 Å². The standard InChI is InChI=1S/C17H22N2/c1-3-11-18-13-14(4-2)12-16-10-9-15-7-5-6-8-17(15)19-16/h5-10,12,18H,3-4,11,13H2,1-2H3. The fraction of sp³-hybridized carbons (Fsp3) is 0.353. The zero-order chi connectivity index (χ0) is 13.5. The van der Waals surface area contributed by atoms with E-state index in [1.165, 1.54) is 17.4 Å². The molecule has 0 saturated heterocycles. The molecule has 0 radical (unpaired) electrons. The SMILES string of the molecule is CCCNCC(=Cc1ccc2ccccc2n1)CC. The van der Waals surface area contributed by atoms with Crippen molar-refractivity contribution >= 4 is 17.0 Å². The molecule has 0 amide bonds. The molecular weight excluding hydrogens is 232 g/mol. The number of aromatic nitrogens is 1. The number of nitrogens with zero attached hydrogens (tertiary/aromatic N) is 1. The van der Waals surface area contributed by atoms with Gasteiger partial charge in [-0.3, -0.25) is 0 Å². The van der Waals surface area contributed by atoms with E-state index in [9.17, 15) is 0 Å². The molecule has 0 unspecified atom stereocenters. The molecule has 1 heterocycles. The van der Waals surface area contributed by atoms with Crippen LogP contribution in [0, 0.1) is 0 Å². The highest BCUT2D eigenvalue weighted by Gasteiger charge is 1.98. The van der Waals surface area contributed by atoms with Crippen molar-refractivity contribution in [1.29, 1.82) is 0 Å². The van der Waals surface area contributed by atoms with Crippen LogP contribution in [0.4, 0.5) is 0 Å². The third-order valence-electron chi connectivity index (χ3n) is 3.20. The van der Waals surface area contributed by atoms with Gasteiger partial charge in [0.15, 0.2) is 0 Å². The highest BCUT2D eigenvalue weighted by atomic mass is 14.8. The maximum Gasteiger partial charge on any atom is 0.0709 e. The van der Waals surface area contributed by atoms with Crippen LogP contribution in [-0.4, -0.2) is 18.1 Å². The summed E-state index contributed by atoms with van der Waals surface area (Å²) in [5.74, 6) is 0. The molecule has 2 heteroatoms. The van der Waals surface area contributed by atoms with Gasteiger partial charge >= 0.3 is 0 Å². The van der Waals surface area contributed by atoms with Crippen molar-refractivity contribution in [2.75, 3.05) is 13.1 Å². The zero-order valence-corrected chi connectivity index (χ0v) is 11.8. The number of benzene rings is 1. The molecule has 100 valence electrons. The van der Waals surface area contributed by atoms with Crippen molar-refractivity contribution in [3.63, 3.8) is 0 Å². The van der Waals surface area contributed by atoms with Gasteiger partial charge in [-0.25, -0.2) is 4.98 Å². The minimum absolute atomic E-state index is 0.957. The third kappa shape index (κ3) is 3.90. The molecule has 1 aromatic carbocycles. The maximum atomic E-state index is 4.69. The summed E-state index contributed by atoms with van der Waals surface area (Å²) in [6.45, 7) is 6.41. The fourth-order valence-electron chi connectivity index (χ4n) is 2.08. The fourth-order valence-corrected chi connectivity index (χ4v) is 2.08. The Bertz CT molecular complexity index is 558. The zero-order valence-electron chi connectivity index (χ0n) is 11.8. The summed E-state index contributed by atoms with van der Waals surface area (Å²) in [7, 11) is 0. The van der Waals surface area contributed by atoms with Crippen LogP contribution in [0.1, 0.15) is 32.4 Å². The molecule has 1 aromatic heterocycles. The molecule has 0 aliphatic heterocycles. The predicted molar refractivity (Wildman–Crippen MR) is 83.2 cm³/mol. The Balaban J connectivity index is 2.17. The Morgan fingerprint density at radius 1 is 1.16 bits per heavy atom. The first-order valence-electron chi connectivity index (χ1n) is 7.09. The maximum absolute atomic E-state index is 4.69. The van der Waals surface area contributed by atoms with E-state index in [0.29, 0.717) is 0 Å². The predicted octanol–water partition coefficient (Wildman–Crippen LogP) is 4.03. The number of nitrogens with one attached hydrogen (secondary N) is 1. The van der Waals surface area contributed by atoms with Crippen molar-refractivity contribution < 1.29 is 0 Å². The normalized spacial score (nSPS) is 12.0. The van der Waals surface area contributed by atoms with Gasteiger partial charge in [-0.15, -0.1) is 0 Å². The molecule has 0 atom stereocenters. The summed E-state index contributed by atoms with van der Waals surface area (Å²) in [6.07, 6.45) is 4.44. The van der Waals surface area contributed by atoms with Gasteiger partial charge in [0, 0.05) is 11.9 Å². The number of hydrogen-bond donors (Lipinski definition) is 1. The van der Waals surface area contributed by atoms with Crippen LogP contribution in [0.3, 0.4) is 0 Å². The largest absolute Gasteiger partial charge is 0.313 e. The van der Waals surface area contributed by atoms with Gasteiger partial charge in [0.05, 0.1) is 11.2 Å². The van der Waals surface area contributed by atoms with Crippen LogP contribution in [0.5, 0.6) is 0 Å². The second-order valence-corrected chi connectivity index (χ2v) is 4.76. The first-order chi connectivity index (χ1) is 9.33. The summed E-state index contributed by atoms with van der Waals surface area (Å²) in [5.41, 5.74) is 3.51. The molecular formula is C17H22N2. The van der Waals surface area contributed by atoms with Gasteiger partial charge in [0.25, 0.3) is 0 Å².